The molecule has 0 aromatic carbocycles. The van der Waals surface area contributed by atoms with Gasteiger partial charge in [-0.25, -0.2) is 4.79 Å². The van der Waals surface area contributed by atoms with Gasteiger partial charge < -0.3 is 9.64 Å². The molecule has 0 aromatic rings. The monoisotopic (exact) mass is 252 g/mol. The number of nitrogens with zero attached hydrogens (tertiary/aromatic N) is 2. The zero-order valence-corrected chi connectivity index (χ0v) is 11.7. The number of hydrogen-bond acceptors (Lipinski definition) is 4. The molecule has 2 heterocycles. The van der Waals surface area contributed by atoms with Gasteiger partial charge in [0.2, 0.25) is 0 Å². The second kappa shape index (κ2) is 5.85. The third kappa shape index (κ3) is 3.33. The van der Waals surface area contributed by atoms with Crippen LogP contribution in [0.2, 0.25) is 0 Å². The van der Waals surface area contributed by atoms with Gasteiger partial charge in [0.25, 0.3) is 0 Å². The molecular weight excluding hydrogens is 228 g/mol. The highest BCUT2D eigenvalue weighted by Crippen LogP contribution is 2.19. The van der Waals surface area contributed by atoms with Crippen LogP contribution in [0.15, 0.2) is 11.6 Å². The van der Waals surface area contributed by atoms with Gasteiger partial charge in [-0.1, -0.05) is 0 Å². The molecule has 18 heavy (non-hydrogen) atoms. The second-order valence-corrected chi connectivity index (χ2v) is 5.69. The first-order valence-corrected chi connectivity index (χ1v) is 6.86. The first-order valence-electron chi connectivity index (χ1n) is 6.86. The molecule has 1 fully saturated rings. The van der Waals surface area contributed by atoms with Crippen molar-refractivity contribution < 1.29 is 9.53 Å². The summed E-state index contributed by atoms with van der Waals surface area (Å²) in [5.74, 6) is -0.187. The molecule has 1 saturated heterocycles. The SMILES string of the molecule is CC(C)N1CCC(N(C)CC2=CC(=O)OC2)CC1. The van der Waals surface area contributed by atoms with Crippen molar-refractivity contribution in [1.82, 2.24) is 9.80 Å². The standard InChI is InChI=1S/C14H24N2O2/c1-11(2)16-6-4-13(5-7-16)15(3)9-12-8-14(17)18-10-12/h8,11,13H,4-7,9-10H2,1-3H3. The lowest BCUT2D eigenvalue weighted by Gasteiger charge is -2.38. The van der Waals surface area contributed by atoms with Crippen molar-refractivity contribution in [3.8, 4) is 0 Å². The van der Waals surface area contributed by atoms with Crippen molar-refractivity contribution in [1.29, 1.82) is 0 Å². The number of esters is 1. The number of likely N-dealkylation sites (tertiary alicyclic amines) is 1. The van der Waals surface area contributed by atoms with E-state index in [0.717, 1.165) is 12.1 Å². The fraction of sp³-hybridized carbons (Fsp3) is 0.786. The third-order valence-electron chi connectivity index (χ3n) is 4.03. The third-order valence-corrected chi connectivity index (χ3v) is 4.03. The zero-order chi connectivity index (χ0) is 13.1. The van der Waals surface area contributed by atoms with Gasteiger partial charge in [-0.3, -0.25) is 4.90 Å². The van der Waals surface area contributed by atoms with E-state index in [2.05, 4.69) is 30.7 Å². The summed E-state index contributed by atoms with van der Waals surface area (Å²) in [4.78, 5) is 15.9. The minimum absolute atomic E-state index is 0.187. The van der Waals surface area contributed by atoms with Gasteiger partial charge in [-0.05, 0) is 52.4 Å². The van der Waals surface area contributed by atoms with Gasteiger partial charge in [-0.2, -0.15) is 0 Å². The van der Waals surface area contributed by atoms with Gasteiger partial charge in [0, 0.05) is 24.7 Å². The molecule has 2 aliphatic heterocycles. The quantitative estimate of drug-likeness (QED) is 0.706. The van der Waals surface area contributed by atoms with Crippen LogP contribution in [0.5, 0.6) is 0 Å². The van der Waals surface area contributed by atoms with Crippen molar-refractivity contribution in [2.75, 3.05) is 33.3 Å². The van der Waals surface area contributed by atoms with Crippen LogP contribution in [0, 0.1) is 0 Å². The molecule has 4 heteroatoms. The van der Waals surface area contributed by atoms with Gasteiger partial charge in [0.15, 0.2) is 0 Å². The van der Waals surface area contributed by atoms with Gasteiger partial charge in [0.1, 0.15) is 6.61 Å². The number of rotatable bonds is 4. The number of hydrogen-bond donors (Lipinski definition) is 0. The molecule has 2 rings (SSSR count). The minimum atomic E-state index is -0.187. The van der Waals surface area contributed by atoms with Crippen LogP contribution >= 0.6 is 0 Å². The van der Waals surface area contributed by atoms with Gasteiger partial charge in [0.05, 0.1) is 0 Å². The fourth-order valence-corrected chi connectivity index (χ4v) is 2.80. The lowest BCUT2D eigenvalue weighted by Crippen LogP contribution is -2.46. The molecule has 0 radical (unpaired) electrons. The number of likely N-dealkylation sites (N-methyl/N-ethyl adjacent to an activating group) is 1. The average molecular weight is 252 g/mol. The Bertz CT molecular complexity index is 331. The van der Waals surface area contributed by atoms with E-state index < -0.39 is 0 Å². The van der Waals surface area contributed by atoms with Gasteiger partial charge in [-0.15, -0.1) is 0 Å². The maximum Gasteiger partial charge on any atom is 0.331 e. The predicted octanol–water partition coefficient (Wildman–Crippen LogP) is 1.27. The van der Waals surface area contributed by atoms with Crippen LogP contribution in [-0.2, 0) is 9.53 Å². The highest BCUT2D eigenvalue weighted by molar-refractivity contribution is 5.85. The lowest BCUT2D eigenvalue weighted by atomic mass is 10.0. The second-order valence-electron chi connectivity index (χ2n) is 5.69. The maximum atomic E-state index is 11.0. The normalized spacial score (nSPS) is 22.7. The fourth-order valence-electron chi connectivity index (χ4n) is 2.80. The Labute approximate surface area is 110 Å². The van der Waals surface area contributed by atoms with E-state index in [4.69, 9.17) is 4.74 Å². The van der Waals surface area contributed by atoms with Crippen molar-refractivity contribution in [2.24, 2.45) is 0 Å². The molecule has 2 aliphatic rings. The molecule has 0 atom stereocenters. The van der Waals surface area contributed by atoms with E-state index in [0.29, 0.717) is 18.7 Å². The predicted molar refractivity (Wildman–Crippen MR) is 71.4 cm³/mol. The van der Waals surface area contributed by atoms with Crippen LogP contribution < -0.4 is 0 Å². The molecular formula is C14H24N2O2. The molecule has 0 aliphatic carbocycles. The lowest BCUT2D eigenvalue weighted by molar-refractivity contribution is -0.134. The molecule has 0 aromatic heterocycles. The van der Waals surface area contributed by atoms with Crippen LogP contribution in [0.1, 0.15) is 26.7 Å². The molecule has 0 unspecified atom stereocenters. The van der Waals surface area contributed by atoms with Crippen LogP contribution in [0.25, 0.3) is 0 Å². The molecule has 0 spiro atoms. The summed E-state index contributed by atoms with van der Waals surface area (Å²) in [5.41, 5.74) is 1.11. The molecule has 0 bridgehead atoms. The van der Waals surface area contributed by atoms with Crippen LogP contribution in [0.3, 0.4) is 0 Å². The Morgan fingerprint density at radius 2 is 2.11 bits per heavy atom. The van der Waals surface area contributed by atoms with Crippen LogP contribution in [-0.4, -0.2) is 61.1 Å². The number of piperidine rings is 1. The molecule has 0 saturated carbocycles. The summed E-state index contributed by atoms with van der Waals surface area (Å²) in [6.45, 7) is 8.22. The smallest absolute Gasteiger partial charge is 0.331 e. The number of ether oxygens (including phenoxy) is 1. The highest BCUT2D eigenvalue weighted by Gasteiger charge is 2.25. The van der Waals surface area contributed by atoms with Crippen molar-refractivity contribution in [3.63, 3.8) is 0 Å². The molecule has 0 amide bonds. The average Bonchev–Trinajstić information content (AvgIpc) is 2.75. The summed E-state index contributed by atoms with van der Waals surface area (Å²) in [6, 6.07) is 1.29. The molecule has 4 nitrogen and oxygen atoms in total. The van der Waals surface area contributed by atoms with E-state index in [1.165, 1.54) is 25.9 Å². The topological polar surface area (TPSA) is 32.8 Å². The largest absolute Gasteiger partial charge is 0.458 e. The summed E-state index contributed by atoms with van der Waals surface area (Å²) in [7, 11) is 2.15. The summed E-state index contributed by atoms with van der Waals surface area (Å²) < 4.78 is 4.94. The number of carbonyl (C=O) groups excluding carboxylic acids is 1. The summed E-state index contributed by atoms with van der Waals surface area (Å²) in [5, 5.41) is 0. The Balaban J connectivity index is 1.79. The summed E-state index contributed by atoms with van der Waals surface area (Å²) in [6.07, 6.45) is 4.08. The maximum absolute atomic E-state index is 11.0. The Hall–Kier alpha value is -0.870. The minimum Gasteiger partial charge on any atom is -0.458 e. The number of carbonyl (C=O) groups is 1. The van der Waals surface area contributed by atoms with E-state index >= 15 is 0 Å². The summed E-state index contributed by atoms with van der Waals surface area (Å²) >= 11 is 0. The first kappa shape index (κ1) is 13.6. The van der Waals surface area contributed by atoms with E-state index in [9.17, 15) is 4.79 Å². The van der Waals surface area contributed by atoms with Crippen molar-refractivity contribution >= 4 is 5.97 Å². The Morgan fingerprint density at radius 3 is 2.61 bits per heavy atom. The van der Waals surface area contributed by atoms with E-state index in [1.807, 2.05) is 0 Å². The highest BCUT2D eigenvalue weighted by atomic mass is 16.5. The Morgan fingerprint density at radius 1 is 1.44 bits per heavy atom. The van der Waals surface area contributed by atoms with E-state index in [1.54, 1.807) is 6.08 Å². The van der Waals surface area contributed by atoms with Gasteiger partial charge >= 0.3 is 5.97 Å². The Kier molecular flexibility index (Phi) is 4.40. The zero-order valence-electron chi connectivity index (χ0n) is 11.7. The first-order chi connectivity index (χ1) is 8.56. The van der Waals surface area contributed by atoms with Crippen molar-refractivity contribution in [2.45, 2.75) is 38.8 Å². The number of cyclic esters (lactones) is 1. The molecule has 102 valence electrons. The van der Waals surface area contributed by atoms with E-state index in [-0.39, 0.29) is 5.97 Å². The van der Waals surface area contributed by atoms with Crippen LogP contribution in [0.4, 0.5) is 0 Å². The molecule has 0 N–H and O–H groups in total. The van der Waals surface area contributed by atoms with Crippen molar-refractivity contribution in [3.05, 3.63) is 11.6 Å².